The number of benzene rings is 1. The average molecular weight is 253 g/mol. The van der Waals surface area contributed by atoms with Crippen LogP contribution in [0, 0.1) is 0 Å². The molecule has 1 aromatic carbocycles. The van der Waals surface area contributed by atoms with Gasteiger partial charge in [0.05, 0.1) is 0 Å². The first-order valence-corrected chi connectivity index (χ1v) is 5.05. The molecule has 70 valence electrons. The van der Waals surface area contributed by atoms with Crippen molar-refractivity contribution in [3.63, 3.8) is 0 Å². The second kappa shape index (κ2) is 3.94. The second-order valence-electron chi connectivity index (χ2n) is 2.20. The molecule has 0 spiro atoms. The molecule has 0 aromatic heterocycles. The van der Waals surface area contributed by atoms with Crippen LogP contribution in [0.5, 0.6) is 0 Å². The van der Waals surface area contributed by atoms with E-state index in [0.29, 0.717) is 4.46 Å². The summed E-state index contributed by atoms with van der Waals surface area (Å²) < 4.78 is 34.2. The van der Waals surface area contributed by atoms with Crippen molar-refractivity contribution in [3.8, 4) is 0 Å². The van der Waals surface area contributed by atoms with Crippen molar-refractivity contribution in [2.75, 3.05) is 0 Å². The van der Waals surface area contributed by atoms with Crippen LogP contribution in [0.4, 0.5) is 13.2 Å². The van der Waals surface area contributed by atoms with E-state index in [-0.39, 0.29) is 0 Å². The Bertz CT molecular complexity index is 294. The SMILES string of the molecule is O=C([Se]c1ccccc1)C(F)(F)F. The fourth-order valence-corrected chi connectivity index (χ4v) is 1.96. The van der Waals surface area contributed by atoms with Gasteiger partial charge in [0.1, 0.15) is 0 Å². The third-order valence-corrected chi connectivity index (χ3v) is 3.13. The van der Waals surface area contributed by atoms with Gasteiger partial charge in [0.25, 0.3) is 0 Å². The Morgan fingerprint density at radius 2 is 1.69 bits per heavy atom. The molecule has 0 bridgehead atoms. The first kappa shape index (κ1) is 10.3. The van der Waals surface area contributed by atoms with E-state index in [9.17, 15) is 18.0 Å². The molecule has 0 N–H and O–H groups in total. The van der Waals surface area contributed by atoms with Gasteiger partial charge < -0.3 is 0 Å². The van der Waals surface area contributed by atoms with Gasteiger partial charge in [0, 0.05) is 0 Å². The summed E-state index contributed by atoms with van der Waals surface area (Å²) in [6, 6.07) is 7.95. The first-order chi connectivity index (χ1) is 6.00. The maximum atomic E-state index is 11.8. The Kier molecular flexibility index (Phi) is 3.11. The number of halogens is 3. The Hall–Kier alpha value is -0.801. The molecule has 0 heterocycles. The Morgan fingerprint density at radius 1 is 1.15 bits per heavy atom. The fraction of sp³-hybridized carbons (Fsp3) is 0.125. The molecule has 0 unspecified atom stereocenters. The van der Waals surface area contributed by atoms with Gasteiger partial charge in [0.2, 0.25) is 0 Å². The van der Waals surface area contributed by atoms with Crippen molar-refractivity contribution < 1.29 is 18.0 Å². The van der Waals surface area contributed by atoms with Crippen molar-refractivity contribution >= 4 is 24.1 Å². The minimum atomic E-state index is -4.70. The van der Waals surface area contributed by atoms with Crippen LogP contribution >= 0.6 is 0 Å². The number of rotatable bonds is 2. The molecule has 0 aliphatic rings. The van der Waals surface area contributed by atoms with Crippen LogP contribution < -0.4 is 4.46 Å². The van der Waals surface area contributed by atoms with Crippen LogP contribution in [0.2, 0.25) is 0 Å². The Labute approximate surface area is 79.1 Å². The molecule has 1 nitrogen and oxygen atoms in total. The molecule has 13 heavy (non-hydrogen) atoms. The van der Waals surface area contributed by atoms with Gasteiger partial charge >= 0.3 is 78.6 Å². The number of carbonyl (C=O) groups is 1. The number of hydrogen-bond donors (Lipinski definition) is 0. The maximum absolute atomic E-state index is 11.8. The fourth-order valence-electron chi connectivity index (χ4n) is 0.653. The zero-order valence-corrected chi connectivity index (χ0v) is 8.05. The molecule has 0 radical (unpaired) electrons. The summed E-state index contributed by atoms with van der Waals surface area (Å²) in [5.74, 6) is 0. The van der Waals surface area contributed by atoms with Gasteiger partial charge in [0.15, 0.2) is 0 Å². The van der Waals surface area contributed by atoms with Crippen LogP contribution in [0.15, 0.2) is 30.3 Å². The molecule has 5 heteroatoms. The van der Waals surface area contributed by atoms with Crippen LogP contribution in [-0.4, -0.2) is 25.8 Å². The summed E-state index contributed by atoms with van der Waals surface area (Å²) in [6.45, 7) is 0. The Balaban J connectivity index is 2.66. The predicted molar refractivity (Wildman–Crippen MR) is 42.9 cm³/mol. The molecule has 1 aromatic rings. The summed E-state index contributed by atoms with van der Waals surface area (Å²) in [5.41, 5.74) is 0. The van der Waals surface area contributed by atoms with Gasteiger partial charge in [-0.2, -0.15) is 0 Å². The molecule has 0 atom stereocenters. The van der Waals surface area contributed by atoms with E-state index < -0.39 is 25.8 Å². The van der Waals surface area contributed by atoms with Crippen molar-refractivity contribution in [2.45, 2.75) is 6.18 Å². The summed E-state index contributed by atoms with van der Waals surface area (Å²) in [7, 11) is 0. The van der Waals surface area contributed by atoms with Crippen molar-refractivity contribution in [3.05, 3.63) is 30.3 Å². The molecule has 1 rings (SSSR count). The minimum absolute atomic E-state index is 0.442. The first-order valence-electron chi connectivity index (χ1n) is 3.34. The van der Waals surface area contributed by atoms with Crippen LogP contribution in [0.3, 0.4) is 0 Å². The zero-order valence-electron chi connectivity index (χ0n) is 6.34. The van der Waals surface area contributed by atoms with Gasteiger partial charge in [-0.25, -0.2) is 0 Å². The molecule has 0 fully saturated rings. The molecule has 0 aliphatic heterocycles. The third-order valence-electron chi connectivity index (χ3n) is 1.19. The van der Waals surface area contributed by atoms with Crippen molar-refractivity contribution in [1.29, 1.82) is 0 Å². The number of alkyl halides is 3. The van der Waals surface area contributed by atoms with Gasteiger partial charge in [-0.3, -0.25) is 0 Å². The molecule has 0 saturated carbocycles. The quantitative estimate of drug-likeness (QED) is 0.721. The van der Waals surface area contributed by atoms with E-state index in [0.717, 1.165) is 0 Å². The van der Waals surface area contributed by atoms with E-state index in [1.165, 1.54) is 12.1 Å². The number of hydrogen-bond acceptors (Lipinski definition) is 1. The van der Waals surface area contributed by atoms with E-state index in [2.05, 4.69) is 0 Å². The van der Waals surface area contributed by atoms with Crippen molar-refractivity contribution in [1.82, 2.24) is 0 Å². The van der Waals surface area contributed by atoms with Crippen molar-refractivity contribution in [2.24, 2.45) is 0 Å². The van der Waals surface area contributed by atoms with E-state index >= 15 is 0 Å². The summed E-state index contributed by atoms with van der Waals surface area (Å²) in [4.78, 5) is 10.5. The summed E-state index contributed by atoms with van der Waals surface area (Å²) in [5, 5.41) is 0. The van der Waals surface area contributed by atoms with Gasteiger partial charge in [-0.1, -0.05) is 0 Å². The summed E-state index contributed by atoms with van der Waals surface area (Å²) >= 11 is -1.15. The standard InChI is InChI=1S/C8H5F3OSe/c9-8(10,11)7(12)13-6-4-2-1-3-5-6/h1-5H. The molecular weight excluding hydrogens is 248 g/mol. The average Bonchev–Trinajstić information content (AvgIpc) is 2.04. The predicted octanol–water partition coefficient (Wildman–Crippen LogP) is 1.10. The molecule has 0 saturated heterocycles. The van der Waals surface area contributed by atoms with E-state index in [4.69, 9.17) is 0 Å². The number of carbonyl (C=O) groups excluding carboxylic acids is 1. The second-order valence-corrected chi connectivity index (χ2v) is 4.40. The topological polar surface area (TPSA) is 17.1 Å². The van der Waals surface area contributed by atoms with Gasteiger partial charge in [-0.05, 0) is 0 Å². The third kappa shape index (κ3) is 3.20. The van der Waals surface area contributed by atoms with E-state index in [1.807, 2.05) is 0 Å². The Morgan fingerprint density at radius 3 is 2.15 bits per heavy atom. The van der Waals surface area contributed by atoms with Crippen LogP contribution in [0.25, 0.3) is 0 Å². The normalized spacial score (nSPS) is 11.3. The van der Waals surface area contributed by atoms with E-state index in [1.54, 1.807) is 18.2 Å². The molecule has 0 amide bonds. The van der Waals surface area contributed by atoms with Crippen LogP contribution in [0.1, 0.15) is 0 Å². The van der Waals surface area contributed by atoms with Crippen LogP contribution in [-0.2, 0) is 4.79 Å². The molecule has 0 aliphatic carbocycles. The molecular formula is C8H5F3OSe. The van der Waals surface area contributed by atoms with Gasteiger partial charge in [-0.15, -0.1) is 0 Å². The monoisotopic (exact) mass is 254 g/mol. The zero-order chi connectivity index (χ0) is 9.90. The summed E-state index contributed by atoms with van der Waals surface area (Å²) in [6.07, 6.45) is -4.70.